The highest BCUT2D eigenvalue weighted by atomic mass is 35.5. The van der Waals surface area contributed by atoms with E-state index in [0.29, 0.717) is 27.7 Å². The summed E-state index contributed by atoms with van der Waals surface area (Å²) < 4.78 is 10.6. The molecule has 0 bridgehead atoms. The first-order chi connectivity index (χ1) is 13.0. The highest BCUT2D eigenvalue weighted by Crippen LogP contribution is 2.42. The maximum absolute atomic E-state index is 13.0. The molecule has 1 amide bonds. The molecule has 27 heavy (non-hydrogen) atoms. The molecule has 0 saturated heterocycles. The number of nitrogens with zero attached hydrogens (tertiary/aromatic N) is 1. The number of rotatable bonds is 3. The minimum absolute atomic E-state index is 0.0753. The summed E-state index contributed by atoms with van der Waals surface area (Å²) in [6.07, 6.45) is 0.173. The van der Waals surface area contributed by atoms with Crippen molar-refractivity contribution >= 4 is 29.2 Å². The van der Waals surface area contributed by atoms with Crippen LogP contribution in [-0.2, 0) is 14.3 Å². The van der Waals surface area contributed by atoms with Gasteiger partial charge in [0.25, 0.3) is 0 Å². The zero-order chi connectivity index (χ0) is 19.1. The molecule has 2 aliphatic heterocycles. The van der Waals surface area contributed by atoms with Gasteiger partial charge in [0, 0.05) is 17.4 Å². The molecule has 0 aliphatic carbocycles. The summed E-state index contributed by atoms with van der Waals surface area (Å²) in [5.41, 5.74) is 3.54. The second-order valence-electron chi connectivity index (χ2n) is 6.63. The summed E-state index contributed by atoms with van der Waals surface area (Å²) in [7, 11) is 1.59. The number of cyclic esters (lactones) is 1. The van der Waals surface area contributed by atoms with E-state index in [9.17, 15) is 9.59 Å². The van der Waals surface area contributed by atoms with Crippen LogP contribution in [0.5, 0.6) is 5.75 Å². The largest absolute Gasteiger partial charge is 0.497 e. The van der Waals surface area contributed by atoms with E-state index < -0.39 is 0 Å². The highest BCUT2D eigenvalue weighted by Gasteiger charge is 2.43. The van der Waals surface area contributed by atoms with Gasteiger partial charge in [-0.05, 0) is 42.3 Å². The molecular formula is C21H18ClNO4. The maximum atomic E-state index is 13.0. The van der Waals surface area contributed by atoms with Gasteiger partial charge in [0.15, 0.2) is 0 Å². The number of methoxy groups -OCH3 is 1. The van der Waals surface area contributed by atoms with E-state index in [2.05, 4.69) is 0 Å². The van der Waals surface area contributed by atoms with Gasteiger partial charge in [-0.2, -0.15) is 0 Å². The number of benzene rings is 2. The quantitative estimate of drug-likeness (QED) is 0.752. The molecular weight excluding hydrogens is 366 g/mol. The van der Waals surface area contributed by atoms with Crippen LogP contribution in [-0.4, -0.2) is 25.6 Å². The van der Waals surface area contributed by atoms with Crippen molar-refractivity contribution in [3.05, 3.63) is 69.9 Å². The molecule has 1 atom stereocenters. The van der Waals surface area contributed by atoms with E-state index in [4.69, 9.17) is 21.1 Å². The third-order valence-corrected chi connectivity index (χ3v) is 5.43. The average molecular weight is 384 g/mol. The predicted octanol–water partition coefficient (Wildman–Crippen LogP) is 3.99. The fourth-order valence-electron chi connectivity index (χ4n) is 3.62. The van der Waals surface area contributed by atoms with Crippen molar-refractivity contribution < 1.29 is 19.1 Å². The van der Waals surface area contributed by atoms with E-state index in [1.807, 2.05) is 43.3 Å². The summed E-state index contributed by atoms with van der Waals surface area (Å²) in [6, 6.07) is 12.9. The Morgan fingerprint density at radius 2 is 2.00 bits per heavy atom. The van der Waals surface area contributed by atoms with Gasteiger partial charge in [0.05, 0.1) is 24.1 Å². The number of amides is 1. The molecule has 2 aromatic rings. The molecule has 2 heterocycles. The standard InChI is InChI=1S/C21H18ClNO4/c1-12-6-7-14(9-17(12)22)23-18-11-27-21(25)20(18)16(10-19(23)24)13-4-3-5-15(8-13)26-2/h3-9,16H,10-11H2,1-2H3. The summed E-state index contributed by atoms with van der Waals surface area (Å²) in [4.78, 5) is 27.1. The molecule has 1 unspecified atom stereocenters. The number of hydrogen-bond acceptors (Lipinski definition) is 4. The third kappa shape index (κ3) is 2.98. The average Bonchev–Trinajstić information content (AvgIpc) is 3.05. The minimum atomic E-state index is -0.381. The number of hydrogen-bond donors (Lipinski definition) is 0. The van der Waals surface area contributed by atoms with Gasteiger partial charge in [0.1, 0.15) is 12.4 Å². The Kier molecular flexibility index (Phi) is 4.40. The summed E-state index contributed by atoms with van der Waals surface area (Å²) in [5.74, 6) is -0.149. The second-order valence-corrected chi connectivity index (χ2v) is 7.04. The SMILES string of the molecule is COc1cccc(C2CC(=O)N(c3ccc(C)c(Cl)c3)C3=C2C(=O)OC3)c1. The topological polar surface area (TPSA) is 55.8 Å². The maximum Gasteiger partial charge on any atom is 0.336 e. The fourth-order valence-corrected chi connectivity index (χ4v) is 3.79. The smallest absolute Gasteiger partial charge is 0.336 e. The molecule has 6 heteroatoms. The Balaban J connectivity index is 1.82. The van der Waals surface area contributed by atoms with Crippen molar-refractivity contribution in [2.24, 2.45) is 0 Å². The lowest BCUT2D eigenvalue weighted by Gasteiger charge is -2.32. The Labute approximate surface area is 162 Å². The fraction of sp³-hybridized carbons (Fsp3) is 0.238. The summed E-state index contributed by atoms with van der Waals surface area (Å²) in [5, 5.41) is 0.572. The van der Waals surface area contributed by atoms with E-state index in [-0.39, 0.29) is 30.8 Å². The first-order valence-electron chi connectivity index (χ1n) is 8.63. The number of carbonyl (C=O) groups is 2. The van der Waals surface area contributed by atoms with Crippen molar-refractivity contribution in [2.45, 2.75) is 19.3 Å². The zero-order valence-electron chi connectivity index (χ0n) is 15.0. The Hall–Kier alpha value is -2.79. The first kappa shape index (κ1) is 17.6. The van der Waals surface area contributed by atoms with Crippen LogP contribution in [0.2, 0.25) is 5.02 Å². The lowest BCUT2D eigenvalue weighted by molar-refractivity contribution is -0.136. The van der Waals surface area contributed by atoms with Crippen LogP contribution >= 0.6 is 11.6 Å². The van der Waals surface area contributed by atoms with Gasteiger partial charge in [-0.25, -0.2) is 4.79 Å². The molecule has 0 N–H and O–H groups in total. The molecule has 2 aromatic carbocycles. The van der Waals surface area contributed by atoms with Crippen molar-refractivity contribution in [3.8, 4) is 5.75 Å². The van der Waals surface area contributed by atoms with E-state index in [0.717, 1.165) is 11.1 Å². The predicted molar refractivity (Wildman–Crippen MR) is 102 cm³/mol. The normalized spacial score (nSPS) is 19.2. The van der Waals surface area contributed by atoms with Crippen LogP contribution in [0.4, 0.5) is 5.69 Å². The molecule has 0 aromatic heterocycles. The van der Waals surface area contributed by atoms with Gasteiger partial charge < -0.3 is 9.47 Å². The first-order valence-corrected chi connectivity index (χ1v) is 9.00. The van der Waals surface area contributed by atoms with Gasteiger partial charge >= 0.3 is 5.97 Å². The van der Waals surface area contributed by atoms with Crippen molar-refractivity contribution in [3.63, 3.8) is 0 Å². The lowest BCUT2D eigenvalue weighted by atomic mass is 9.84. The molecule has 0 spiro atoms. The summed E-state index contributed by atoms with van der Waals surface area (Å²) >= 11 is 6.24. The van der Waals surface area contributed by atoms with Crippen molar-refractivity contribution in [1.82, 2.24) is 0 Å². The molecule has 0 saturated carbocycles. The Bertz CT molecular complexity index is 982. The number of carbonyl (C=O) groups excluding carboxylic acids is 2. The van der Waals surface area contributed by atoms with Gasteiger partial charge in [-0.1, -0.05) is 29.8 Å². The number of anilines is 1. The van der Waals surface area contributed by atoms with Crippen LogP contribution in [0.1, 0.15) is 23.5 Å². The lowest BCUT2D eigenvalue weighted by Crippen LogP contribution is -2.37. The van der Waals surface area contributed by atoms with Crippen LogP contribution in [0.25, 0.3) is 0 Å². The molecule has 138 valence electrons. The molecule has 4 rings (SSSR count). The van der Waals surface area contributed by atoms with Crippen LogP contribution in [0, 0.1) is 6.92 Å². The summed E-state index contributed by atoms with van der Waals surface area (Å²) in [6.45, 7) is 1.97. The van der Waals surface area contributed by atoms with Crippen LogP contribution in [0.15, 0.2) is 53.7 Å². The van der Waals surface area contributed by atoms with E-state index in [1.54, 1.807) is 18.1 Å². The minimum Gasteiger partial charge on any atom is -0.497 e. The van der Waals surface area contributed by atoms with Gasteiger partial charge in [-0.15, -0.1) is 0 Å². The van der Waals surface area contributed by atoms with Gasteiger partial charge in [0.2, 0.25) is 5.91 Å². The number of ether oxygens (including phenoxy) is 2. The molecule has 2 aliphatic rings. The highest BCUT2D eigenvalue weighted by molar-refractivity contribution is 6.31. The monoisotopic (exact) mass is 383 g/mol. The third-order valence-electron chi connectivity index (χ3n) is 5.03. The number of halogens is 1. The molecule has 0 fully saturated rings. The van der Waals surface area contributed by atoms with E-state index in [1.165, 1.54) is 0 Å². The Morgan fingerprint density at radius 1 is 1.19 bits per heavy atom. The molecule has 0 radical (unpaired) electrons. The Morgan fingerprint density at radius 3 is 2.74 bits per heavy atom. The van der Waals surface area contributed by atoms with Crippen molar-refractivity contribution in [1.29, 1.82) is 0 Å². The zero-order valence-corrected chi connectivity index (χ0v) is 15.7. The van der Waals surface area contributed by atoms with Gasteiger partial charge in [-0.3, -0.25) is 9.69 Å². The van der Waals surface area contributed by atoms with Crippen molar-refractivity contribution in [2.75, 3.05) is 18.6 Å². The van der Waals surface area contributed by atoms with Crippen LogP contribution in [0.3, 0.4) is 0 Å². The van der Waals surface area contributed by atoms with E-state index >= 15 is 0 Å². The molecule has 5 nitrogen and oxygen atoms in total. The second kappa shape index (κ2) is 6.74. The number of esters is 1. The van der Waals surface area contributed by atoms with Crippen LogP contribution < -0.4 is 9.64 Å². The number of aryl methyl sites for hydroxylation is 1.